The van der Waals surface area contributed by atoms with Crippen LogP contribution in [0.2, 0.25) is 10.2 Å². The van der Waals surface area contributed by atoms with Gasteiger partial charge in [0, 0.05) is 12.6 Å². The Morgan fingerprint density at radius 3 is 2.88 bits per heavy atom. The first kappa shape index (κ1) is 11.8. The molecule has 0 spiro atoms. The highest BCUT2D eigenvalue weighted by atomic mass is 35.5. The van der Waals surface area contributed by atoms with Crippen LogP contribution in [-0.4, -0.2) is 30.0 Å². The second-order valence-electron chi connectivity index (χ2n) is 3.86. The molecule has 1 atom stereocenters. The first-order valence-electron chi connectivity index (χ1n) is 5.22. The summed E-state index contributed by atoms with van der Waals surface area (Å²) in [6, 6.07) is 1.72. The molecule has 2 rings (SSSR count). The van der Waals surface area contributed by atoms with Crippen molar-refractivity contribution in [3.05, 3.63) is 21.9 Å². The molecule has 0 aliphatic carbocycles. The summed E-state index contributed by atoms with van der Waals surface area (Å²) < 4.78 is 0. The van der Waals surface area contributed by atoms with E-state index < -0.39 is 0 Å². The van der Waals surface area contributed by atoms with Crippen LogP contribution >= 0.6 is 23.2 Å². The summed E-state index contributed by atoms with van der Waals surface area (Å²) in [6.45, 7) is 1.83. The highest BCUT2D eigenvalue weighted by Crippen LogP contribution is 2.21. The van der Waals surface area contributed by atoms with Crippen molar-refractivity contribution in [1.82, 2.24) is 15.6 Å². The molecule has 1 aromatic heterocycles. The molecule has 3 N–H and O–H groups in total. The van der Waals surface area contributed by atoms with Gasteiger partial charge in [0.1, 0.15) is 10.8 Å². The van der Waals surface area contributed by atoms with E-state index in [1.54, 1.807) is 0 Å². The number of rotatable bonds is 2. The molecule has 0 unspecified atom stereocenters. The van der Waals surface area contributed by atoms with Crippen LogP contribution in [0, 0.1) is 0 Å². The van der Waals surface area contributed by atoms with E-state index in [2.05, 4.69) is 15.6 Å². The van der Waals surface area contributed by atoms with E-state index in [9.17, 15) is 4.79 Å². The summed E-state index contributed by atoms with van der Waals surface area (Å²) in [7, 11) is 0. The summed E-state index contributed by atoms with van der Waals surface area (Å²) in [4.78, 5) is 14.5. The maximum Gasteiger partial charge on any atom is 0.268 e. The van der Waals surface area contributed by atoms with Gasteiger partial charge in [-0.25, -0.2) is 0 Å². The molecule has 0 radical (unpaired) electrons. The zero-order chi connectivity index (χ0) is 11.5. The van der Waals surface area contributed by atoms with Gasteiger partial charge >= 0.3 is 0 Å². The fraction of sp³-hybridized carbons (Fsp3) is 0.500. The Balaban J connectivity index is 1.96. The van der Waals surface area contributed by atoms with E-state index in [0.717, 1.165) is 25.9 Å². The largest absolute Gasteiger partial charge is 0.347 e. The number of halogens is 2. The Hall–Kier alpha value is -0.710. The van der Waals surface area contributed by atoms with E-state index in [4.69, 9.17) is 23.2 Å². The van der Waals surface area contributed by atoms with Crippen molar-refractivity contribution >= 4 is 29.1 Å². The van der Waals surface area contributed by atoms with Gasteiger partial charge in [-0.2, -0.15) is 0 Å². The molecular weight excluding hydrogens is 249 g/mol. The number of piperidine rings is 1. The highest BCUT2D eigenvalue weighted by Gasteiger charge is 2.18. The first-order valence-corrected chi connectivity index (χ1v) is 5.98. The van der Waals surface area contributed by atoms with Crippen molar-refractivity contribution < 1.29 is 4.79 Å². The summed E-state index contributed by atoms with van der Waals surface area (Å²) in [5.41, 5.74) is 0.403. The monoisotopic (exact) mass is 261 g/mol. The Morgan fingerprint density at radius 2 is 2.31 bits per heavy atom. The maximum absolute atomic E-state index is 11.8. The molecule has 88 valence electrons. The van der Waals surface area contributed by atoms with Gasteiger partial charge in [0.05, 0.1) is 5.02 Å². The number of amides is 1. The summed E-state index contributed by atoms with van der Waals surface area (Å²) in [5, 5.41) is 6.83. The quantitative estimate of drug-likeness (QED) is 0.761. The molecule has 0 saturated carbocycles. The van der Waals surface area contributed by atoms with E-state index in [1.807, 2.05) is 0 Å². The van der Waals surface area contributed by atoms with Crippen LogP contribution in [0.3, 0.4) is 0 Å². The molecule has 1 aliphatic rings. The lowest BCUT2D eigenvalue weighted by Crippen LogP contribution is -2.45. The van der Waals surface area contributed by atoms with E-state index in [0.29, 0.717) is 15.9 Å². The smallest absolute Gasteiger partial charge is 0.268 e. The van der Waals surface area contributed by atoms with Gasteiger partial charge in [-0.1, -0.05) is 23.2 Å². The zero-order valence-electron chi connectivity index (χ0n) is 8.65. The predicted molar refractivity (Wildman–Crippen MR) is 64.2 cm³/mol. The van der Waals surface area contributed by atoms with E-state index >= 15 is 0 Å². The lowest BCUT2D eigenvalue weighted by atomic mass is 10.1. The molecular formula is C10H13Cl2N3O. The molecule has 16 heavy (non-hydrogen) atoms. The van der Waals surface area contributed by atoms with Gasteiger partial charge in [0.15, 0.2) is 0 Å². The van der Waals surface area contributed by atoms with Crippen molar-refractivity contribution in [1.29, 1.82) is 0 Å². The fourth-order valence-electron chi connectivity index (χ4n) is 1.76. The number of hydrogen-bond donors (Lipinski definition) is 3. The molecule has 4 nitrogen and oxygen atoms in total. The number of aromatic nitrogens is 1. The highest BCUT2D eigenvalue weighted by molar-refractivity contribution is 6.41. The fourth-order valence-corrected chi connectivity index (χ4v) is 2.08. The van der Waals surface area contributed by atoms with Crippen LogP contribution in [0.4, 0.5) is 0 Å². The van der Waals surface area contributed by atoms with Crippen LogP contribution in [0.15, 0.2) is 6.07 Å². The van der Waals surface area contributed by atoms with Crippen molar-refractivity contribution in [2.24, 2.45) is 0 Å². The van der Waals surface area contributed by atoms with Gasteiger partial charge in [0.25, 0.3) is 5.91 Å². The van der Waals surface area contributed by atoms with Crippen molar-refractivity contribution in [3.8, 4) is 0 Å². The maximum atomic E-state index is 11.8. The number of nitrogens with one attached hydrogen (secondary N) is 3. The average Bonchev–Trinajstić information content (AvgIpc) is 2.61. The molecule has 2 heterocycles. The van der Waals surface area contributed by atoms with E-state index in [-0.39, 0.29) is 11.9 Å². The third-order valence-corrected chi connectivity index (χ3v) is 3.29. The second-order valence-corrected chi connectivity index (χ2v) is 4.65. The molecule has 1 saturated heterocycles. The lowest BCUT2D eigenvalue weighted by molar-refractivity contribution is 0.0926. The molecule has 0 aromatic carbocycles. The zero-order valence-corrected chi connectivity index (χ0v) is 10.2. The molecule has 1 aromatic rings. The van der Waals surface area contributed by atoms with Crippen LogP contribution in [0.25, 0.3) is 0 Å². The number of hydrogen-bond acceptors (Lipinski definition) is 2. The standard InChI is InChI=1S/C10H13Cl2N3O/c11-7-4-8(15-9(7)12)10(16)14-6-2-1-3-13-5-6/h4,6,13,15H,1-3,5H2,(H,14,16)/t6-/m0/s1. The van der Waals surface area contributed by atoms with Gasteiger partial charge < -0.3 is 15.6 Å². The SMILES string of the molecule is O=C(N[C@H]1CCCNC1)c1cc(Cl)c(Cl)[nH]1. The normalized spacial score (nSPS) is 20.8. The van der Waals surface area contributed by atoms with Gasteiger partial charge in [-0.3, -0.25) is 4.79 Å². The van der Waals surface area contributed by atoms with Crippen molar-refractivity contribution in [2.75, 3.05) is 13.1 Å². The van der Waals surface area contributed by atoms with E-state index in [1.165, 1.54) is 6.07 Å². The van der Waals surface area contributed by atoms with Crippen LogP contribution in [-0.2, 0) is 0 Å². The van der Waals surface area contributed by atoms with Gasteiger partial charge in [-0.05, 0) is 25.5 Å². The van der Waals surface area contributed by atoms with Gasteiger partial charge in [0.2, 0.25) is 0 Å². The minimum Gasteiger partial charge on any atom is -0.347 e. The van der Waals surface area contributed by atoms with Gasteiger partial charge in [-0.15, -0.1) is 0 Å². The first-order chi connectivity index (χ1) is 7.66. The molecule has 1 fully saturated rings. The Labute approximate surface area is 104 Å². The summed E-state index contributed by atoms with van der Waals surface area (Å²) in [6.07, 6.45) is 2.08. The average molecular weight is 262 g/mol. The van der Waals surface area contributed by atoms with Crippen LogP contribution in [0.5, 0.6) is 0 Å². The summed E-state index contributed by atoms with van der Waals surface area (Å²) >= 11 is 11.5. The second kappa shape index (κ2) is 5.08. The van der Waals surface area contributed by atoms with Crippen LogP contribution in [0.1, 0.15) is 23.3 Å². The third kappa shape index (κ3) is 2.70. The third-order valence-electron chi connectivity index (χ3n) is 2.60. The van der Waals surface area contributed by atoms with Crippen molar-refractivity contribution in [3.63, 3.8) is 0 Å². The summed E-state index contributed by atoms with van der Waals surface area (Å²) in [5.74, 6) is -0.164. The molecule has 1 aliphatic heterocycles. The van der Waals surface area contributed by atoms with Crippen LogP contribution < -0.4 is 10.6 Å². The van der Waals surface area contributed by atoms with Crippen molar-refractivity contribution in [2.45, 2.75) is 18.9 Å². The Kier molecular flexibility index (Phi) is 3.74. The minimum atomic E-state index is -0.164. The number of H-pyrrole nitrogens is 1. The molecule has 6 heteroatoms. The topological polar surface area (TPSA) is 56.9 Å². The minimum absolute atomic E-state index is 0.164. The predicted octanol–water partition coefficient (Wildman–Crippen LogP) is 1.80. The lowest BCUT2D eigenvalue weighted by Gasteiger charge is -2.23. The molecule has 1 amide bonds. The number of carbonyl (C=O) groups is 1. The molecule has 0 bridgehead atoms. The number of aromatic amines is 1. The number of carbonyl (C=O) groups excluding carboxylic acids is 1. The Morgan fingerprint density at radius 1 is 1.50 bits per heavy atom. The Bertz CT molecular complexity index is 366.